The zero-order valence-corrected chi connectivity index (χ0v) is 17.3. The fourth-order valence-electron chi connectivity index (χ4n) is 3.86. The number of thiazole rings is 1. The first-order chi connectivity index (χ1) is 11.1. The second-order valence-electron chi connectivity index (χ2n) is 7.09. The molecule has 1 saturated heterocycles. The van der Waals surface area contributed by atoms with E-state index in [9.17, 15) is 4.79 Å². The number of aryl methyl sites for hydroxylation is 1. The van der Waals surface area contributed by atoms with Crippen LogP contribution in [0.1, 0.15) is 49.2 Å². The summed E-state index contributed by atoms with van der Waals surface area (Å²) in [6.07, 6.45) is 6.33. The maximum atomic E-state index is 12.6. The summed E-state index contributed by atoms with van der Waals surface area (Å²) in [6.45, 7) is 5.47. The third kappa shape index (κ3) is 5.79. The molecule has 5 nitrogen and oxygen atoms in total. The van der Waals surface area contributed by atoms with Crippen molar-refractivity contribution in [2.45, 2.75) is 57.5 Å². The van der Waals surface area contributed by atoms with Gasteiger partial charge in [-0.25, -0.2) is 4.98 Å². The summed E-state index contributed by atoms with van der Waals surface area (Å²) in [6, 6.07) is 0. The molecule has 0 bridgehead atoms. The molecular formula is C17H30Cl2N4OS. The summed E-state index contributed by atoms with van der Waals surface area (Å²) >= 11 is 1.70. The normalized spacial score (nSPS) is 20.6. The van der Waals surface area contributed by atoms with Gasteiger partial charge in [-0.05, 0) is 45.7 Å². The highest BCUT2D eigenvalue weighted by molar-refractivity contribution is 7.09. The summed E-state index contributed by atoms with van der Waals surface area (Å²) in [5.41, 5.74) is 6.96. The lowest BCUT2D eigenvalue weighted by molar-refractivity contribution is -0.128. The number of hydrogen-bond acceptors (Lipinski definition) is 5. The quantitative estimate of drug-likeness (QED) is 0.785. The predicted octanol–water partition coefficient (Wildman–Crippen LogP) is 2.89. The van der Waals surface area contributed by atoms with Crippen LogP contribution in [0.4, 0.5) is 0 Å². The first-order valence-electron chi connectivity index (χ1n) is 8.76. The highest BCUT2D eigenvalue weighted by Gasteiger charge is 2.36. The Bertz CT molecular complexity index is 541. The van der Waals surface area contributed by atoms with Gasteiger partial charge < -0.3 is 11.1 Å². The van der Waals surface area contributed by atoms with Crippen LogP contribution in [0.15, 0.2) is 5.38 Å². The van der Waals surface area contributed by atoms with E-state index in [4.69, 9.17) is 5.73 Å². The van der Waals surface area contributed by atoms with Gasteiger partial charge in [0.1, 0.15) is 0 Å². The molecule has 0 spiro atoms. The first-order valence-corrected chi connectivity index (χ1v) is 9.64. The molecule has 8 heteroatoms. The Morgan fingerprint density at radius 1 is 1.36 bits per heavy atom. The number of halogens is 2. The van der Waals surface area contributed by atoms with Crippen molar-refractivity contribution < 1.29 is 4.79 Å². The fourth-order valence-corrected chi connectivity index (χ4v) is 4.46. The van der Waals surface area contributed by atoms with Crippen LogP contribution >= 0.6 is 36.2 Å². The number of carbonyl (C=O) groups excluding carboxylic acids is 1. The molecule has 144 valence electrons. The zero-order chi connectivity index (χ0) is 16.3. The smallest absolute Gasteiger partial charge is 0.223 e. The molecule has 0 atom stereocenters. The Morgan fingerprint density at radius 2 is 2.00 bits per heavy atom. The molecule has 2 fully saturated rings. The molecule has 1 aliphatic carbocycles. The molecule has 1 aromatic rings. The lowest BCUT2D eigenvalue weighted by Gasteiger charge is -2.34. The van der Waals surface area contributed by atoms with Gasteiger partial charge in [0.25, 0.3) is 0 Å². The van der Waals surface area contributed by atoms with Crippen molar-refractivity contribution in [1.29, 1.82) is 0 Å². The number of hydrogen-bond donors (Lipinski definition) is 2. The third-order valence-electron chi connectivity index (χ3n) is 5.35. The first kappa shape index (κ1) is 22.6. The van der Waals surface area contributed by atoms with E-state index in [0.717, 1.165) is 56.0 Å². The Kier molecular flexibility index (Phi) is 9.12. The van der Waals surface area contributed by atoms with Crippen molar-refractivity contribution in [2.24, 2.45) is 11.7 Å². The summed E-state index contributed by atoms with van der Waals surface area (Å²) in [4.78, 5) is 19.5. The number of nitrogens with two attached hydrogens (primary N) is 1. The van der Waals surface area contributed by atoms with Crippen LogP contribution in [-0.2, 0) is 11.3 Å². The third-order valence-corrected chi connectivity index (χ3v) is 6.17. The maximum absolute atomic E-state index is 12.6. The Labute approximate surface area is 167 Å². The van der Waals surface area contributed by atoms with Crippen LogP contribution in [0.2, 0.25) is 0 Å². The van der Waals surface area contributed by atoms with Crippen LogP contribution in [0.5, 0.6) is 0 Å². The highest BCUT2D eigenvalue weighted by Crippen LogP contribution is 2.30. The van der Waals surface area contributed by atoms with E-state index in [1.165, 1.54) is 12.8 Å². The lowest BCUT2D eigenvalue weighted by atomic mass is 9.92. The summed E-state index contributed by atoms with van der Waals surface area (Å²) in [5.74, 6) is 0.369. The van der Waals surface area contributed by atoms with E-state index in [1.54, 1.807) is 11.3 Å². The number of amides is 1. The average molecular weight is 409 g/mol. The highest BCUT2D eigenvalue weighted by atomic mass is 35.5. The minimum Gasteiger partial charge on any atom is -0.349 e. The molecule has 3 N–H and O–H groups in total. The van der Waals surface area contributed by atoms with Crippen molar-refractivity contribution >= 4 is 42.1 Å². The molecule has 0 aromatic carbocycles. The minimum absolute atomic E-state index is 0. The van der Waals surface area contributed by atoms with Gasteiger partial charge in [0.05, 0.1) is 16.2 Å². The van der Waals surface area contributed by atoms with Gasteiger partial charge in [-0.1, -0.05) is 12.8 Å². The van der Waals surface area contributed by atoms with Crippen molar-refractivity contribution in [3.8, 4) is 0 Å². The van der Waals surface area contributed by atoms with Crippen LogP contribution < -0.4 is 11.1 Å². The number of aromatic nitrogens is 1. The van der Waals surface area contributed by atoms with E-state index < -0.39 is 0 Å². The molecular weight excluding hydrogens is 379 g/mol. The van der Waals surface area contributed by atoms with E-state index in [-0.39, 0.29) is 42.2 Å². The van der Waals surface area contributed by atoms with Gasteiger partial charge >= 0.3 is 0 Å². The Morgan fingerprint density at radius 3 is 2.52 bits per heavy atom. The number of piperidine rings is 1. The summed E-state index contributed by atoms with van der Waals surface area (Å²) < 4.78 is 0. The zero-order valence-electron chi connectivity index (χ0n) is 14.8. The fraction of sp³-hybridized carbons (Fsp3) is 0.765. The largest absolute Gasteiger partial charge is 0.349 e. The molecule has 1 aromatic heterocycles. The van der Waals surface area contributed by atoms with E-state index in [2.05, 4.69) is 20.6 Å². The van der Waals surface area contributed by atoms with E-state index >= 15 is 0 Å². The number of nitrogens with one attached hydrogen (secondary N) is 1. The minimum atomic E-state index is -0.119. The topological polar surface area (TPSA) is 71.2 Å². The second kappa shape index (κ2) is 10.1. The molecule has 0 unspecified atom stereocenters. The molecule has 2 aliphatic rings. The van der Waals surface area contributed by atoms with E-state index in [0.29, 0.717) is 6.54 Å². The number of carbonyl (C=O) groups is 1. The van der Waals surface area contributed by atoms with Crippen molar-refractivity contribution in [3.63, 3.8) is 0 Å². The second-order valence-corrected chi connectivity index (χ2v) is 8.15. The number of likely N-dealkylation sites (tertiary alicyclic amines) is 1. The number of nitrogens with zero attached hydrogens (tertiary/aromatic N) is 2. The van der Waals surface area contributed by atoms with Crippen LogP contribution in [0, 0.1) is 12.8 Å². The molecule has 2 heterocycles. The number of rotatable bonds is 5. The Balaban J connectivity index is 0.00000156. The Hall–Kier alpha value is -0.400. The van der Waals surface area contributed by atoms with Gasteiger partial charge in [0.15, 0.2) is 0 Å². The molecule has 25 heavy (non-hydrogen) atoms. The van der Waals surface area contributed by atoms with Crippen molar-refractivity contribution in [1.82, 2.24) is 15.2 Å². The molecule has 1 saturated carbocycles. The SMILES string of the molecule is Cc1nc(CN2CCC(C(=O)NC3(CN)CCCC3)CC2)cs1.Cl.Cl. The van der Waals surface area contributed by atoms with Gasteiger partial charge in [0, 0.05) is 24.4 Å². The molecule has 3 rings (SSSR count). The van der Waals surface area contributed by atoms with Crippen LogP contribution in [-0.4, -0.2) is 41.0 Å². The lowest BCUT2D eigenvalue weighted by Crippen LogP contribution is -2.54. The molecule has 0 radical (unpaired) electrons. The summed E-state index contributed by atoms with van der Waals surface area (Å²) in [5, 5.41) is 6.55. The van der Waals surface area contributed by atoms with Crippen molar-refractivity contribution in [2.75, 3.05) is 19.6 Å². The average Bonchev–Trinajstić information content (AvgIpc) is 3.18. The van der Waals surface area contributed by atoms with Crippen molar-refractivity contribution in [3.05, 3.63) is 16.1 Å². The monoisotopic (exact) mass is 408 g/mol. The standard InChI is InChI=1S/C17H28N4OS.2ClH/c1-13-19-15(11-23-13)10-21-8-4-14(5-9-21)16(22)20-17(12-18)6-2-3-7-17;;/h11,14H,2-10,12,18H2,1H3,(H,20,22);2*1H. The van der Waals surface area contributed by atoms with Crippen LogP contribution in [0.3, 0.4) is 0 Å². The van der Waals surface area contributed by atoms with Gasteiger partial charge in [-0.3, -0.25) is 9.69 Å². The maximum Gasteiger partial charge on any atom is 0.223 e. The van der Waals surface area contributed by atoms with Gasteiger partial charge in [0.2, 0.25) is 5.91 Å². The predicted molar refractivity (Wildman–Crippen MR) is 108 cm³/mol. The van der Waals surface area contributed by atoms with Gasteiger partial charge in [-0.15, -0.1) is 36.2 Å². The van der Waals surface area contributed by atoms with E-state index in [1.807, 2.05) is 6.92 Å². The van der Waals surface area contributed by atoms with Gasteiger partial charge in [-0.2, -0.15) is 0 Å². The summed E-state index contributed by atoms with van der Waals surface area (Å²) in [7, 11) is 0. The molecule has 1 amide bonds. The molecule has 1 aliphatic heterocycles. The van der Waals surface area contributed by atoms with Crippen LogP contribution in [0.25, 0.3) is 0 Å².